The molecule has 1 aromatic heterocycles. The molecule has 0 aliphatic rings. The molecule has 3 aromatic rings. The molecule has 6 heteroatoms. The highest BCUT2D eigenvalue weighted by Crippen LogP contribution is 2.23. The summed E-state index contributed by atoms with van der Waals surface area (Å²) in [5, 5.41) is 3.92. The van der Waals surface area contributed by atoms with Crippen LogP contribution in [0.4, 0.5) is 5.69 Å². The van der Waals surface area contributed by atoms with E-state index >= 15 is 0 Å². The van der Waals surface area contributed by atoms with E-state index in [-0.39, 0.29) is 5.76 Å². The molecule has 0 spiro atoms. The number of hydrogen-bond donors (Lipinski definition) is 1. The molecule has 1 heterocycles. The van der Waals surface area contributed by atoms with Crippen LogP contribution in [-0.2, 0) is 9.53 Å². The first kappa shape index (κ1) is 17.0. The van der Waals surface area contributed by atoms with E-state index in [1.54, 1.807) is 24.3 Å². The average molecular weight is 358 g/mol. The fraction of sp³-hybridized carbons (Fsp3) is 0.158. The molecule has 5 nitrogen and oxygen atoms in total. The van der Waals surface area contributed by atoms with Crippen molar-refractivity contribution in [1.82, 2.24) is 0 Å². The van der Waals surface area contributed by atoms with Gasteiger partial charge in [-0.25, -0.2) is 4.79 Å². The highest BCUT2D eigenvalue weighted by Gasteiger charge is 2.15. The molecule has 3 rings (SSSR count). The Morgan fingerprint density at radius 1 is 1.08 bits per heavy atom. The van der Waals surface area contributed by atoms with Gasteiger partial charge < -0.3 is 14.5 Å². The summed E-state index contributed by atoms with van der Waals surface area (Å²) in [4.78, 5) is 24.0. The van der Waals surface area contributed by atoms with Gasteiger partial charge in [0.2, 0.25) is 5.76 Å². The van der Waals surface area contributed by atoms with Gasteiger partial charge in [-0.2, -0.15) is 0 Å². The van der Waals surface area contributed by atoms with Crippen molar-refractivity contribution in [3.8, 4) is 0 Å². The van der Waals surface area contributed by atoms with Crippen molar-refractivity contribution in [2.75, 3.05) is 11.9 Å². The topological polar surface area (TPSA) is 68.5 Å². The molecule has 0 unspecified atom stereocenters. The molecule has 128 valence electrons. The summed E-state index contributed by atoms with van der Waals surface area (Å²) in [5.41, 5.74) is 3.38. The number of carbonyl (C=O) groups excluding carboxylic acids is 2. The number of fused-ring (bicyclic) bond motifs is 1. The quantitative estimate of drug-likeness (QED) is 0.698. The zero-order valence-electron chi connectivity index (χ0n) is 13.8. The lowest BCUT2D eigenvalue weighted by Gasteiger charge is -2.07. The number of furan rings is 1. The van der Waals surface area contributed by atoms with Crippen LogP contribution in [0.3, 0.4) is 0 Å². The summed E-state index contributed by atoms with van der Waals surface area (Å²) in [5.74, 6) is -1.10. The predicted molar refractivity (Wildman–Crippen MR) is 96.1 cm³/mol. The summed E-state index contributed by atoms with van der Waals surface area (Å²) in [6.07, 6.45) is 0. The molecule has 0 saturated heterocycles. The predicted octanol–water partition coefficient (Wildman–Crippen LogP) is 4.50. The van der Waals surface area contributed by atoms with Gasteiger partial charge in [0.25, 0.3) is 5.91 Å². The van der Waals surface area contributed by atoms with Crippen LogP contribution in [-0.4, -0.2) is 18.5 Å². The minimum absolute atomic E-state index is 0.0243. The van der Waals surface area contributed by atoms with E-state index in [2.05, 4.69) is 5.32 Å². The van der Waals surface area contributed by atoms with Crippen molar-refractivity contribution < 1.29 is 18.7 Å². The zero-order valence-corrected chi connectivity index (χ0v) is 14.5. The normalized spacial score (nSPS) is 10.7. The van der Waals surface area contributed by atoms with E-state index in [1.165, 1.54) is 6.07 Å². The summed E-state index contributed by atoms with van der Waals surface area (Å²) in [6, 6.07) is 12.1. The Morgan fingerprint density at radius 3 is 2.64 bits per heavy atom. The van der Waals surface area contributed by atoms with Crippen LogP contribution in [0.5, 0.6) is 0 Å². The van der Waals surface area contributed by atoms with Crippen LogP contribution in [0.25, 0.3) is 11.0 Å². The Kier molecular flexibility index (Phi) is 4.76. The van der Waals surface area contributed by atoms with Crippen molar-refractivity contribution in [2.45, 2.75) is 13.8 Å². The molecule has 0 fully saturated rings. The van der Waals surface area contributed by atoms with Gasteiger partial charge in [-0.3, -0.25) is 4.79 Å². The first-order valence-electron chi connectivity index (χ1n) is 7.66. The largest absolute Gasteiger partial charge is 0.450 e. The lowest BCUT2D eigenvalue weighted by atomic mass is 10.1. The fourth-order valence-electron chi connectivity index (χ4n) is 2.33. The van der Waals surface area contributed by atoms with Gasteiger partial charge in [-0.1, -0.05) is 17.7 Å². The summed E-state index contributed by atoms with van der Waals surface area (Å²) >= 11 is 5.90. The monoisotopic (exact) mass is 357 g/mol. The van der Waals surface area contributed by atoms with E-state index in [1.807, 2.05) is 26.0 Å². The Labute approximate surface area is 149 Å². The molecule has 1 amide bonds. The Balaban J connectivity index is 1.60. The number of esters is 1. The van der Waals surface area contributed by atoms with Gasteiger partial charge in [-0.15, -0.1) is 0 Å². The summed E-state index contributed by atoms with van der Waals surface area (Å²) in [6.45, 7) is 3.55. The molecule has 0 aliphatic heterocycles. The van der Waals surface area contributed by atoms with Gasteiger partial charge in [0.15, 0.2) is 6.61 Å². The maximum Gasteiger partial charge on any atom is 0.374 e. The molecular formula is C19H16ClNO4. The second kappa shape index (κ2) is 6.99. The second-order valence-electron chi connectivity index (χ2n) is 5.72. The molecule has 0 saturated carbocycles. The van der Waals surface area contributed by atoms with Crippen molar-refractivity contribution >= 4 is 40.1 Å². The highest BCUT2D eigenvalue weighted by atomic mass is 35.5. The van der Waals surface area contributed by atoms with E-state index in [4.69, 9.17) is 20.8 Å². The van der Waals surface area contributed by atoms with Crippen molar-refractivity contribution in [3.05, 3.63) is 64.4 Å². The minimum atomic E-state index is -0.706. The number of carbonyl (C=O) groups is 2. The van der Waals surface area contributed by atoms with E-state index in [0.717, 1.165) is 11.1 Å². The van der Waals surface area contributed by atoms with Crippen LogP contribution < -0.4 is 5.32 Å². The number of ether oxygens (including phenoxy) is 1. The van der Waals surface area contributed by atoms with E-state index < -0.39 is 18.5 Å². The molecule has 0 aliphatic carbocycles. The number of aryl methyl sites for hydroxylation is 2. The lowest BCUT2D eigenvalue weighted by molar-refractivity contribution is -0.119. The van der Waals surface area contributed by atoms with Crippen LogP contribution >= 0.6 is 11.6 Å². The number of hydrogen-bond acceptors (Lipinski definition) is 4. The fourth-order valence-corrected chi connectivity index (χ4v) is 2.51. The van der Waals surface area contributed by atoms with E-state index in [0.29, 0.717) is 21.7 Å². The maximum atomic E-state index is 12.0. The molecule has 25 heavy (non-hydrogen) atoms. The van der Waals surface area contributed by atoms with Gasteiger partial charge in [0.1, 0.15) is 5.58 Å². The van der Waals surface area contributed by atoms with Gasteiger partial charge >= 0.3 is 5.97 Å². The Bertz CT molecular complexity index is 961. The van der Waals surface area contributed by atoms with Gasteiger partial charge in [0, 0.05) is 16.1 Å². The minimum Gasteiger partial charge on any atom is -0.450 e. The zero-order chi connectivity index (χ0) is 18.0. The van der Waals surface area contributed by atoms with Crippen LogP contribution in [0, 0.1) is 13.8 Å². The average Bonchev–Trinajstić information content (AvgIpc) is 2.99. The van der Waals surface area contributed by atoms with Gasteiger partial charge in [-0.05, 0) is 61.4 Å². The standard InChI is InChI=1S/C19H16ClNO4/c1-11-3-5-15(7-12(11)2)21-18(22)10-24-19(23)17-9-13-8-14(20)4-6-16(13)25-17/h3-9H,10H2,1-2H3,(H,21,22). The number of amides is 1. The molecule has 0 atom stereocenters. The molecule has 0 bridgehead atoms. The number of nitrogens with one attached hydrogen (secondary N) is 1. The first-order valence-corrected chi connectivity index (χ1v) is 8.03. The lowest BCUT2D eigenvalue weighted by Crippen LogP contribution is -2.20. The van der Waals surface area contributed by atoms with Crippen LogP contribution in [0.2, 0.25) is 5.02 Å². The Hall–Kier alpha value is -2.79. The third kappa shape index (κ3) is 4.00. The third-order valence-electron chi connectivity index (χ3n) is 3.80. The summed E-state index contributed by atoms with van der Waals surface area (Å²) < 4.78 is 10.4. The van der Waals surface area contributed by atoms with Crippen LogP contribution in [0.15, 0.2) is 46.9 Å². The highest BCUT2D eigenvalue weighted by molar-refractivity contribution is 6.31. The number of benzene rings is 2. The van der Waals surface area contributed by atoms with Crippen molar-refractivity contribution in [3.63, 3.8) is 0 Å². The van der Waals surface area contributed by atoms with Crippen molar-refractivity contribution in [2.24, 2.45) is 0 Å². The molecule has 0 radical (unpaired) electrons. The van der Waals surface area contributed by atoms with E-state index in [9.17, 15) is 9.59 Å². The molecular weight excluding hydrogens is 342 g/mol. The smallest absolute Gasteiger partial charge is 0.374 e. The number of rotatable bonds is 4. The molecule has 1 N–H and O–H groups in total. The van der Waals surface area contributed by atoms with Crippen LogP contribution in [0.1, 0.15) is 21.7 Å². The summed E-state index contributed by atoms with van der Waals surface area (Å²) in [7, 11) is 0. The SMILES string of the molecule is Cc1ccc(NC(=O)COC(=O)c2cc3cc(Cl)ccc3o2)cc1C. The Morgan fingerprint density at radius 2 is 1.88 bits per heavy atom. The maximum absolute atomic E-state index is 12.0. The van der Waals surface area contributed by atoms with Crippen molar-refractivity contribution in [1.29, 1.82) is 0 Å². The number of anilines is 1. The molecule has 2 aromatic carbocycles. The number of halogens is 1. The van der Waals surface area contributed by atoms with Gasteiger partial charge in [0.05, 0.1) is 0 Å². The second-order valence-corrected chi connectivity index (χ2v) is 6.15. The first-order chi connectivity index (χ1) is 11.9. The third-order valence-corrected chi connectivity index (χ3v) is 4.04.